The highest BCUT2D eigenvalue weighted by Crippen LogP contribution is 2.20. The molecule has 238 valence electrons. The Kier molecular flexibility index (Phi) is 13.7. The van der Waals surface area contributed by atoms with Crippen molar-refractivity contribution in [1.82, 2.24) is 25.8 Å². The van der Waals surface area contributed by atoms with Gasteiger partial charge in [-0.05, 0) is 42.7 Å². The summed E-state index contributed by atoms with van der Waals surface area (Å²) in [5.41, 5.74) is 3.02. The summed E-state index contributed by atoms with van der Waals surface area (Å²) in [5, 5.41) is 12.1. The average Bonchev–Trinajstić information content (AvgIpc) is 3.48. The van der Waals surface area contributed by atoms with Crippen LogP contribution in [0.3, 0.4) is 0 Å². The van der Waals surface area contributed by atoms with Gasteiger partial charge in [-0.1, -0.05) is 88.4 Å². The number of benzene rings is 2. The molecule has 1 aromatic heterocycles. The van der Waals surface area contributed by atoms with E-state index in [1.807, 2.05) is 79.9 Å². The van der Waals surface area contributed by atoms with Gasteiger partial charge in [0.2, 0.25) is 5.91 Å². The highest BCUT2D eigenvalue weighted by atomic mass is 32.1. The van der Waals surface area contributed by atoms with Crippen LogP contribution in [0.1, 0.15) is 68.3 Å². The highest BCUT2D eigenvalue weighted by molar-refractivity contribution is 7.09. The van der Waals surface area contributed by atoms with Gasteiger partial charge in [0.15, 0.2) is 0 Å². The summed E-state index contributed by atoms with van der Waals surface area (Å²) in [6.45, 7) is 8.38. The van der Waals surface area contributed by atoms with Gasteiger partial charge in [-0.2, -0.15) is 0 Å². The van der Waals surface area contributed by atoms with E-state index < -0.39 is 12.1 Å². The zero-order valence-corrected chi connectivity index (χ0v) is 27.5. The molecule has 0 unspecified atom stereocenters. The summed E-state index contributed by atoms with van der Waals surface area (Å²) in [5.74, 6) is -0.0436. The van der Waals surface area contributed by atoms with E-state index in [1.54, 1.807) is 23.3 Å². The predicted octanol–water partition coefficient (Wildman–Crippen LogP) is 5.91. The van der Waals surface area contributed by atoms with Gasteiger partial charge in [0.1, 0.15) is 6.04 Å². The van der Waals surface area contributed by atoms with Crippen molar-refractivity contribution in [3.8, 4) is 0 Å². The molecule has 10 heteroatoms. The zero-order valence-electron chi connectivity index (χ0n) is 26.7. The maximum absolute atomic E-state index is 13.7. The van der Waals surface area contributed by atoms with Crippen LogP contribution in [0.2, 0.25) is 0 Å². The molecule has 0 saturated carbocycles. The molecule has 0 aliphatic heterocycles. The van der Waals surface area contributed by atoms with Crippen LogP contribution in [0.5, 0.6) is 0 Å². The number of methoxy groups -OCH3 is 1. The maximum atomic E-state index is 13.7. The molecular formula is C34H47N5O4S. The third-order valence-corrected chi connectivity index (χ3v) is 8.60. The summed E-state index contributed by atoms with van der Waals surface area (Å²) >= 11 is 1.59. The molecule has 0 saturated heterocycles. The number of hydrogen-bond acceptors (Lipinski definition) is 6. The number of amides is 4. The Morgan fingerprint density at radius 2 is 1.39 bits per heavy atom. The molecule has 3 N–H and O–H groups in total. The van der Waals surface area contributed by atoms with Crippen molar-refractivity contribution >= 4 is 29.4 Å². The van der Waals surface area contributed by atoms with E-state index in [1.165, 1.54) is 7.11 Å². The minimum atomic E-state index is -0.724. The number of rotatable bonds is 15. The number of alkyl carbamates (subject to hydrolysis) is 1. The molecule has 44 heavy (non-hydrogen) atoms. The Hall–Kier alpha value is -3.92. The van der Waals surface area contributed by atoms with Crippen molar-refractivity contribution in [2.75, 3.05) is 14.2 Å². The Labute approximate surface area is 265 Å². The van der Waals surface area contributed by atoms with E-state index in [4.69, 9.17) is 4.74 Å². The number of urea groups is 1. The molecule has 9 nitrogen and oxygen atoms in total. The summed E-state index contributed by atoms with van der Waals surface area (Å²) in [7, 11) is 3.06. The third-order valence-electron chi connectivity index (χ3n) is 7.40. The largest absolute Gasteiger partial charge is 0.453 e. The quantitative estimate of drug-likeness (QED) is 0.195. The molecule has 0 aliphatic rings. The van der Waals surface area contributed by atoms with Gasteiger partial charge in [0.05, 0.1) is 24.4 Å². The minimum absolute atomic E-state index is 0.136. The van der Waals surface area contributed by atoms with Crippen molar-refractivity contribution in [3.05, 3.63) is 87.9 Å². The fourth-order valence-electron chi connectivity index (χ4n) is 4.92. The van der Waals surface area contributed by atoms with Crippen molar-refractivity contribution in [3.63, 3.8) is 0 Å². The number of carbonyl (C=O) groups excluding carboxylic acids is 3. The summed E-state index contributed by atoms with van der Waals surface area (Å²) in [4.78, 5) is 45.2. The average molecular weight is 622 g/mol. The van der Waals surface area contributed by atoms with E-state index in [0.29, 0.717) is 38.1 Å². The van der Waals surface area contributed by atoms with E-state index in [9.17, 15) is 14.4 Å². The molecule has 1 heterocycles. The lowest BCUT2D eigenvalue weighted by molar-refractivity contribution is -0.124. The molecule has 0 fully saturated rings. The van der Waals surface area contributed by atoms with Gasteiger partial charge in [-0.3, -0.25) is 4.79 Å². The molecule has 0 spiro atoms. The molecule has 0 radical (unpaired) electrons. The Balaban J connectivity index is 1.70. The zero-order chi connectivity index (χ0) is 32.1. The Bertz CT molecular complexity index is 1320. The standard InChI is InChI=1S/C34H47N5O4S/c1-23(2)30(38-33(41)39(5)21-29-22-44-32(36-29)24(3)4)31(40)35-27(19-25-13-9-7-10-14-25)17-18-28(37-34(42)43-6)20-26-15-11-8-12-16-26/h7-16,22-24,27-28,30H,17-21H2,1-6H3,(H,35,40)(H,37,42)(H,38,41)/t27-,28-,30+/m1/s1. The maximum Gasteiger partial charge on any atom is 0.407 e. The number of carbonyl (C=O) groups is 3. The minimum Gasteiger partial charge on any atom is -0.453 e. The first-order chi connectivity index (χ1) is 21.0. The lowest BCUT2D eigenvalue weighted by atomic mass is 9.95. The first-order valence-electron chi connectivity index (χ1n) is 15.2. The van der Waals surface area contributed by atoms with Crippen LogP contribution >= 0.6 is 11.3 Å². The van der Waals surface area contributed by atoms with Gasteiger partial charge >= 0.3 is 12.1 Å². The number of ether oxygens (including phenoxy) is 1. The molecule has 3 aromatic rings. The molecule has 2 aromatic carbocycles. The second kappa shape index (κ2) is 17.4. The Morgan fingerprint density at radius 3 is 1.86 bits per heavy atom. The predicted molar refractivity (Wildman–Crippen MR) is 176 cm³/mol. The topological polar surface area (TPSA) is 113 Å². The summed E-state index contributed by atoms with van der Waals surface area (Å²) in [6, 6.07) is 18.5. The van der Waals surface area contributed by atoms with Crippen LogP contribution in [-0.2, 0) is 28.9 Å². The fourth-order valence-corrected chi connectivity index (χ4v) is 5.75. The first-order valence-corrected chi connectivity index (χ1v) is 16.1. The second-order valence-corrected chi connectivity index (χ2v) is 12.7. The third kappa shape index (κ3) is 11.3. The Morgan fingerprint density at radius 1 is 0.841 bits per heavy atom. The van der Waals surface area contributed by atoms with Gasteiger partial charge in [0.25, 0.3) is 0 Å². The van der Waals surface area contributed by atoms with Gasteiger partial charge in [-0.25, -0.2) is 14.6 Å². The van der Waals surface area contributed by atoms with E-state index in [2.05, 4.69) is 34.8 Å². The van der Waals surface area contributed by atoms with Crippen molar-refractivity contribution in [2.24, 2.45) is 5.92 Å². The van der Waals surface area contributed by atoms with Gasteiger partial charge in [-0.15, -0.1) is 11.3 Å². The molecule has 3 atom stereocenters. The SMILES string of the molecule is COC(=O)N[C@H](CC[C@H](Cc1ccccc1)NC(=O)[C@@H](NC(=O)N(C)Cc1csc(C(C)C)n1)C(C)C)Cc1ccccc1. The van der Waals surface area contributed by atoms with Gasteiger partial charge in [0, 0.05) is 30.4 Å². The van der Waals surface area contributed by atoms with E-state index in [-0.39, 0.29) is 29.9 Å². The van der Waals surface area contributed by atoms with Crippen LogP contribution in [0.15, 0.2) is 66.0 Å². The van der Waals surface area contributed by atoms with E-state index >= 15 is 0 Å². The highest BCUT2D eigenvalue weighted by Gasteiger charge is 2.28. The molecule has 4 amide bonds. The number of nitrogens with one attached hydrogen (secondary N) is 3. The van der Waals surface area contributed by atoms with Crippen molar-refractivity contribution in [1.29, 1.82) is 0 Å². The molecular weight excluding hydrogens is 574 g/mol. The molecule has 0 bridgehead atoms. The number of hydrogen-bond donors (Lipinski definition) is 3. The fraction of sp³-hybridized carbons (Fsp3) is 0.471. The summed E-state index contributed by atoms with van der Waals surface area (Å²) in [6.07, 6.45) is 2.00. The summed E-state index contributed by atoms with van der Waals surface area (Å²) < 4.78 is 4.88. The van der Waals surface area contributed by atoms with E-state index in [0.717, 1.165) is 21.8 Å². The number of thiazole rings is 1. The van der Waals surface area contributed by atoms with Crippen LogP contribution in [0.4, 0.5) is 9.59 Å². The molecule has 0 aliphatic carbocycles. The lowest BCUT2D eigenvalue weighted by Gasteiger charge is -2.28. The number of nitrogens with zero attached hydrogens (tertiary/aromatic N) is 2. The monoisotopic (exact) mass is 621 g/mol. The van der Waals surface area contributed by atoms with Crippen LogP contribution in [-0.4, -0.2) is 60.2 Å². The van der Waals surface area contributed by atoms with Crippen molar-refractivity contribution in [2.45, 2.75) is 84.0 Å². The molecule has 3 rings (SSSR count). The van der Waals surface area contributed by atoms with Crippen LogP contribution in [0.25, 0.3) is 0 Å². The lowest BCUT2D eigenvalue weighted by Crippen LogP contribution is -2.54. The normalized spacial score (nSPS) is 13.2. The van der Waals surface area contributed by atoms with Gasteiger partial charge < -0.3 is 25.6 Å². The van der Waals surface area contributed by atoms with Crippen LogP contribution < -0.4 is 16.0 Å². The van der Waals surface area contributed by atoms with Crippen molar-refractivity contribution < 1.29 is 19.1 Å². The second-order valence-electron chi connectivity index (χ2n) is 11.9. The smallest absolute Gasteiger partial charge is 0.407 e. The van der Waals surface area contributed by atoms with Crippen LogP contribution in [0, 0.1) is 5.92 Å². The first kappa shape index (κ1) is 34.6. The number of aromatic nitrogens is 1.